The molecule has 0 aromatic carbocycles. The molecule has 1 aromatic rings. The second kappa shape index (κ2) is 4.40. The van der Waals surface area contributed by atoms with Gasteiger partial charge in [-0.3, -0.25) is 14.6 Å². The van der Waals surface area contributed by atoms with Crippen LogP contribution in [0, 0.1) is 6.92 Å². The SMILES string of the molecule is Cc1cc(N)c(C(=O)NC(C)(C)C(N)=O)cn1. The maximum atomic E-state index is 11.9. The molecule has 6 nitrogen and oxygen atoms in total. The van der Waals surface area contributed by atoms with E-state index in [-0.39, 0.29) is 5.56 Å². The smallest absolute Gasteiger partial charge is 0.255 e. The van der Waals surface area contributed by atoms with Crippen molar-refractivity contribution in [1.29, 1.82) is 0 Å². The average Bonchev–Trinajstić information content (AvgIpc) is 2.15. The standard InChI is InChI=1S/C11H16N4O2/c1-6-4-8(12)7(5-14-6)9(16)15-11(2,3)10(13)17/h4-5H,1-3H3,(H2,12,14)(H2,13,17)(H,15,16). The minimum absolute atomic E-state index is 0.227. The van der Waals surface area contributed by atoms with Gasteiger partial charge in [0.2, 0.25) is 5.91 Å². The Bertz CT molecular complexity index is 469. The van der Waals surface area contributed by atoms with Gasteiger partial charge < -0.3 is 16.8 Å². The van der Waals surface area contributed by atoms with Gasteiger partial charge in [-0.1, -0.05) is 0 Å². The van der Waals surface area contributed by atoms with Gasteiger partial charge in [0, 0.05) is 17.6 Å². The molecule has 5 N–H and O–H groups in total. The van der Waals surface area contributed by atoms with E-state index in [4.69, 9.17) is 11.5 Å². The van der Waals surface area contributed by atoms with Gasteiger partial charge in [0.05, 0.1) is 5.56 Å². The molecule has 6 heteroatoms. The number of rotatable bonds is 3. The molecular weight excluding hydrogens is 220 g/mol. The minimum Gasteiger partial charge on any atom is -0.398 e. The van der Waals surface area contributed by atoms with Crippen LogP contribution in [-0.4, -0.2) is 22.3 Å². The Labute approximate surface area is 99.4 Å². The number of amides is 2. The number of primary amides is 1. The Morgan fingerprint density at radius 1 is 1.41 bits per heavy atom. The highest BCUT2D eigenvalue weighted by atomic mass is 16.2. The Hall–Kier alpha value is -2.11. The van der Waals surface area contributed by atoms with E-state index in [2.05, 4.69) is 10.3 Å². The Morgan fingerprint density at radius 2 is 2.00 bits per heavy atom. The molecule has 0 aliphatic heterocycles. The maximum Gasteiger partial charge on any atom is 0.255 e. The number of nitrogen functional groups attached to an aromatic ring is 1. The van der Waals surface area contributed by atoms with Crippen molar-refractivity contribution in [3.63, 3.8) is 0 Å². The number of aryl methyl sites for hydroxylation is 1. The first kappa shape index (κ1) is 13.0. The Morgan fingerprint density at radius 3 is 2.47 bits per heavy atom. The first-order valence-corrected chi connectivity index (χ1v) is 5.08. The van der Waals surface area contributed by atoms with E-state index in [1.807, 2.05) is 0 Å². The Kier molecular flexibility index (Phi) is 3.36. The molecule has 0 bridgehead atoms. The van der Waals surface area contributed by atoms with Crippen LogP contribution in [0.5, 0.6) is 0 Å². The molecule has 0 saturated carbocycles. The molecule has 0 saturated heterocycles. The van der Waals surface area contributed by atoms with Gasteiger partial charge in [-0.25, -0.2) is 0 Å². The normalized spacial score (nSPS) is 11.0. The molecule has 0 aliphatic rings. The number of carbonyl (C=O) groups is 2. The van der Waals surface area contributed by atoms with Crippen LogP contribution in [0.15, 0.2) is 12.3 Å². The third-order valence-corrected chi connectivity index (χ3v) is 2.36. The second-order valence-corrected chi connectivity index (χ2v) is 4.36. The molecule has 17 heavy (non-hydrogen) atoms. The number of nitrogens with one attached hydrogen (secondary N) is 1. The van der Waals surface area contributed by atoms with Crippen LogP contribution in [0.3, 0.4) is 0 Å². The molecule has 0 aliphatic carbocycles. The van der Waals surface area contributed by atoms with E-state index < -0.39 is 17.4 Å². The lowest BCUT2D eigenvalue weighted by atomic mass is 10.0. The third-order valence-electron chi connectivity index (χ3n) is 2.36. The second-order valence-electron chi connectivity index (χ2n) is 4.36. The molecule has 1 rings (SSSR count). The monoisotopic (exact) mass is 236 g/mol. The van der Waals surface area contributed by atoms with E-state index in [9.17, 15) is 9.59 Å². The van der Waals surface area contributed by atoms with Crippen molar-refractivity contribution >= 4 is 17.5 Å². The summed E-state index contributed by atoms with van der Waals surface area (Å²) in [5.74, 6) is -1.09. The fraction of sp³-hybridized carbons (Fsp3) is 0.364. The summed E-state index contributed by atoms with van der Waals surface area (Å²) in [5.41, 5.74) is 11.0. The molecule has 1 heterocycles. The number of hydrogen-bond donors (Lipinski definition) is 3. The highest BCUT2D eigenvalue weighted by Gasteiger charge is 2.28. The summed E-state index contributed by atoms with van der Waals surface area (Å²) in [6.45, 7) is 4.81. The number of pyridine rings is 1. The number of anilines is 1. The third kappa shape index (κ3) is 2.93. The molecular formula is C11H16N4O2. The zero-order valence-corrected chi connectivity index (χ0v) is 10.1. The lowest BCUT2D eigenvalue weighted by Gasteiger charge is -2.22. The summed E-state index contributed by atoms with van der Waals surface area (Å²) in [5, 5.41) is 2.50. The fourth-order valence-corrected chi connectivity index (χ4v) is 1.18. The van der Waals surface area contributed by atoms with E-state index >= 15 is 0 Å². The van der Waals surface area contributed by atoms with Crippen molar-refractivity contribution in [1.82, 2.24) is 10.3 Å². The van der Waals surface area contributed by atoms with Crippen LogP contribution in [0.4, 0.5) is 5.69 Å². The molecule has 0 fully saturated rings. The summed E-state index contributed by atoms with van der Waals surface area (Å²) in [6, 6.07) is 1.59. The van der Waals surface area contributed by atoms with Crippen LogP contribution in [0.25, 0.3) is 0 Å². The van der Waals surface area contributed by atoms with Gasteiger partial charge >= 0.3 is 0 Å². The molecule has 0 spiro atoms. The predicted molar refractivity (Wildman–Crippen MR) is 64.1 cm³/mol. The fourth-order valence-electron chi connectivity index (χ4n) is 1.18. The van der Waals surface area contributed by atoms with Crippen LogP contribution < -0.4 is 16.8 Å². The molecule has 0 unspecified atom stereocenters. The number of nitrogens with two attached hydrogens (primary N) is 2. The predicted octanol–water partition coefficient (Wildman–Crippen LogP) is -0.0341. The van der Waals surface area contributed by atoms with E-state index in [0.717, 1.165) is 0 Å². The van der Waals surface area contributed by atoms with Crippen LogP contribution in [-0.2, 0) is 4.79 Å². The zero-order chi connectivity index (χ0) is 13.2. The number of aromatic nitrogens is 1. The first-order valence-electron chi connectivity index (χ1n) is 5.08. The highest BCUT2D eigenvalue weighted by Crippen LogP contribution is 2.12. The molecule has 0 radical (unpaired) electrons. The van der Waals surface area contributed by atoms with E-state index in [1.165, 1.54) is 20.0 Å². The van der Waals surface area contributed by atoms with Gasteiger partial charge in [0.25, 0.3) is 5.91 Å². The lowest BCUT2D eigenvalue weighted by Crippen LogP contribution is -2.53. The zero-order valence-electron chi connectivity index (χ0n) is 10.1. The van der Waals surface area contributed by atoms with Crippen molar-refractivity contribution in [2.75, 3.05) is 5.73 Å². The summed E-state index contributed by atoms with van der Waals surface area (Å²) in [7, 11) is 0. The van der Waals surface area contributed by atoms with Gasteiger partial charge in [0.15, 0.2) is 0 Å². The van der Waals surface area contributed by atoms with Crippen molar-refractivity contribution in [2.24, 2.45) is 5.73 Å². The largest absolute Gasteiger partial charge is 0.398 e. The molecule has 0 atom stereocenters. The number of hydrogen-bond acceptors (Lipinski definition) is 4. The average molecular weight is 236 g/mol. The topological polar surface area (TPSA) is 111 Å². The van der Waals surface area contributed by atoms with Crippen LogP contribution in [0.1, 0.15) is 29.9 Å². The maximum absolute atomic E-state index is 11.9. The van der Waals surface area contributed by atoms with E-state index in [1.54, 1.807) is 13.0 Å². The van der Waals surface area contributed by atoms with Crippen molar-refractivity contribution in [3.8, 4) is 0 Å². The van der Waals surface area contributed by atoms with Gasteiger partial charge in [-0.2, -0.15) is 0 Å². The molecule has 2 amide bonds. The molecule has 1 aromatic heterocycles. The van der Waals surface area contributed by atoms with E-state index in [0.29, 0.717) is 11.4 Å². The summed E-state index contributed by atoms with van der Waals surface area (Å²) in [4.78, 5) is 26.9. The number of carbonyl (C=O) groups excluding carboxylic acids is 2. The quantitative estimate of drug-likeness (QED) is 0.684. The minimum atomic E-state index is -1.13. The lowest BCUT2D eigenvalue weighted by molar-refractivity contribution is -0.122. The Balaban J connectivity index is 2.95. The van der Waals surface area contributed by atoms with Crippen molar-refractivity contribution in [3.05, 3.63) is 23.5 Å². The summed E-state index contributed by atoms with van der Waals surface area (Å²) >= 11 is 0. The van der Waals surface area contributed by atoms with Crippen molar-refractivity contribution in [2.45, 2.75) is 26.3 Å². The van der Waals surface area contributed by atoms with Crippen molar-refractivity contribution < 1.29 is 9.59 Å². The summed E-state index contributed by atoms with van der Waals surface area (Å²) < 4.78 is 0. The van der Waals surface area contributed by atoms with Crippen LogP contribution in [0.2, 0.25) is 0 Å². The molecule has 92 valence electrons. The highest BCUT2D eigenvalue weighted by molar-refractivity contribution is 6.01. The van der Waals surface area contributed by atoms with Gasteiger partial charge in [0.1, 0.15) is 5.54 Å². The number of nitrogens with zero attached hydrogens (tertiary/aromatic N) is 1. The summed E-state index contributed by atoms with van der Waals surface area (Å²) in [6.07, 6.45) is 1.37. The van der Waals surface area contributed by atoms with Gasteiger partial charge in [-0.05, 0) is 26.8 Å². The van der Waals surface area contributed by atoms with Gasteiger partial charge in [-0.15, -0.1) is 0 Å². The first-order chi connectivity index (χ1) is 7.74. The van der Waals surface area contributed by atoms with Crippen LogP contribution >= 0.6 is 0 Å².